The molecule has 1 fully saturated rings. The zero-order valence-corrected chi connectivity index (χ0v) is 20.6. The number of carbonyl (C=O) groups excluding carboxylic acids is 2. The maximum atomic E-state index is 12.6. The summed E-state index contributed by atoms with van der Waals surface area (Å²) in [5.41, 5.74) is 3.56. The van der Waals surface area contributed by atoms with Crippen molar-refractivity contribution in [1.29, 1.82) is 0 Å². The predicted molar refractivity (Wildman–Crippen MR) is 146 cm³/mol. The van der Waals surface area contributed by atoms with E-state index in [4.69, 9.17) is 5.10 Å². The number of H-pyrrole nitrogens is 1. The minimum Gasteiger partial charge on any atom is -0.339 e. The fourth-order valence-electron chi connectivity index (χ4n) is 4.88. The first-order valence-electron chi connectivity index (χ1n) is 12.5. The molecule has 1 aliphatic rings. The number of carbonyl (C=O) groups is 2. The lowest BCUT2D eigenvalue weighted by Crippen LogP contribution is -2.38. The third-order valence-electron chi connectivity index (χ3n) is 6.86. The van der Waals surface area contributed by atoms with E-state index in [1.165, 1.54) is 6.08 Å². The van der Waals surface area contributed by atoms with Crippen LogP contribution in [0.15, 0.2) is 79.8 Å². The molecule has 0 aliphatic carbocycles. The second-order valence-electron chi connectivity index (χ2n) is 9.20. The molecule has 0 atom stereocenters. The van der Waals surface area contributed by atoms with E-state index in [1.807, 2.05) is 52.0 Å². The molecule has 10 heteroatoms. The molecule has 2 amide bonds. The molecule has 0 unspecified atom stereocenters. The van der Waals surface area contributed by atoms with Crippen LogP contribution >= 0.6 is 0 Å². The third-order valence-corrected chi connectivity index (χ3v) is 6.86. The number of nitrogens with zero attached hydrogens (tertiary/aromatic N) is 5. The van der Waals surface area contributed by atoms with Crippen LogP contribution in [0, 0.1) is 0 Å². The van der Waals surface area contributed by atoms with Crippen molar-refractivity contribution in [2.75, 3.05) is 23.7 Å². The molecule has 190 valence electrons. The highest BCUT2D eigenvalue weighted by atomic mass is 16.2. The molecule has 1 saturated heterocycles. The summed E-state index contributed by atoms with van der Waals surface area (Å²) >= 11 is 0. The molecule has 0 bridgehead atoms. The fraction of sp³-hybridized carbons (Fsp3) is 0.179. The number of anilines is 3. The summed E-state index contributed by atoms with van der Waals surface area (Å²) < 4.78 is 1.95. The quantitative estimate of drug-likeness (QED) is 0.288. The lowest BCUT2D eigenvalue weighted by atomic mass is 10.0. The summed E-state index contributed by atoms with van der Waals surface area (Å²) in [4.78, 5) is 38.7. The van der Waals surface area contributed by atoms with Crippen molar-refractivity contribution in [2.45, 2.75) is 18.9 Å². The topological polar surface area (TPSA) is 121 Å². The number of likely N-dealkylation sites (tertiary alicyclic amines) is 1. The van der Waals surface area contributed by atoms with Crippen LogP contribution in [0.3, 0.4) is 0 Å². The van der Waals surface area contributed by atoms with Crippen LogP contribution in [0.2, 0.25) is 0 Å². The first-order chi connectivity index (χ1) is 18.6. The lowest BCUT2D eigenvalue weighted by molar-refractivity contribution is -0.127. The zero-order valence-electron chi connectivity index (χ0n) is 20.6. The Hall–Kier alpha value is -4.99. The second kappa shape index (κ2) is 9.81. The van der Waals surface area contributed by atoms with Gasteiger partial charge in [-0.05, 0) is 55.3 Å². The smallest absolute Gasteiger partial charge is 0.255 e. The van der Waals surface area contributed by atoms with Gasteiger partial charge in [-0.1, -0.05) is 24.8 Å². The van der Waals surface area contributed by atoms with Gasteiger partial charge in [0.05, 0.1) is 23.1 Å². The Bertz CT molecular complexity index is 1630. The Morgan fingerprint density at radius 1 is 1.00 bits per heavy atom. The number of amides is 2. The SMILES string of the molecule is C=CC(=O)N1CCC(n2nc(Nc3ccc(C(=O)Nc4ccccc4)cc3)c3cnc4[nH]cnc2c43)CC1. The molecule has 3 aromatic heterocycles. The van der Waals surface area contributed by atoms with Gasteiger partial charge >= 0.3 is 0 Å². The number of hydrogen-bond donors (Lipinski definition) is 3. The largest absolute Gasteiger partial charge is 0.339 e. The van der Waals surface area contributed by atoms with E-state index in [0.717, 1.165) is 46.3 Å². The van der Waals surface area contributed by atoms with Gasteiger partial charge in [0.2, 0.25) is 5.91 Å². The van der Waals surface area contributed by atoms with E-state index < -0.39 is 0 Å². The van der Waals surface area contributed by atoms with Crippen LogP contribution in [0.25, 0.3) is 22.1 Å². The van der Waals surface area contributed by atoms with Crippen molar-refractivity contribution in [3.8, 4) is 0 Å². The Labute approximate surface area is 218 Å². The van der Waals surface area contributed by atoms with Crippen LogP contribution in [-0.2, 0) is 4.79 Å². The van der Waals surface area contributed by atoms with Gasteiger partial charge in [-0.15, -0.1) is 0 Å². The normalized spacial score (nSPS) is 14.1. The minimum absolute atomic E-state index is 0.0498. The van der Waals surface area contributed by atoms with Gasteiger partial charge in [0, 0.05) is 36.2 Å². The summed E-state index contributed by atoms with van der Waals surface area (Å²) in [6, 6.07) is 16.7. The van der Waals surface area contributed by atoms with Gasteiger partial charge in [0.15, 0.2) is 11.5 Å². The molecule has 0 spiro atoms. The number of benzene rings is 2. The van der Waals surface area contributed by atoms with Gasteiger partial charge in [0.25, 0.3) is 5.91 Å². The predicted octanol–water partition coefficient (Wildman–Crippen LogP) is 4.65. The Kier molecular flexibility index (Phi) is 6.04. The molecule has 38 heavy (non-hydrogen) atoms. The number of para-hydroxylation sites is 1. The molecule has 1 aliphatic heterocycles. The number of piperidine rings is 1. The molecule has 0 radical (unpaired) electrons. The standard InChI is InChI=1S/C28H26N8O2/c1-2-23(37)35-14-12-21(13-15-35)36-27-24-22(16-29-26(24)30-17-31-27)25(34-36)32-20-10-8-18(9-11-20)28(38)33-19-6-4-3-5-7-19/h2-11,16-17,21H,1,12-15H2,(H,32,34)(H,33,38)(H,29,30,31). The molecule has 10 nitrogen and oxygen atoms in total. The van der Waals surface area contributed by atoms with Crippen LogP contribution in [-0.4, -0.2) is 54.5 Å². The maximum absolute atomic E-state index is 12.6. The van der Waals surface area contributed by atoms with Gasteiger partial charge in [-0.25, -0.2) is 14.6 Å². The van der Waals surface area contributed by atoms with E-state index >= 15 is 0 Å². The van der Waals surface area contributed by atoms with Gasteiger partial charge in [-0.3, -0.25) is 9.59 Å². The molecule has 4 heterocycles. The molecule has 3 N–H and O–H groups in total. The van der Waals surface area contributed by atoms with Crippen molar-refractivity contribution in [2.24, 2.45) is 0 Å². The number of nitrogens with one attached hydrogen (secondary N) is 3. The summed E-state index contributed by atoms with van der Waals surface area (Å²) in [6.45, 7) is 4.86. The van der Waals surface area contributed by atoms with Crippen LogP contribution in [0.1, 0.15) is 29.2 Å². The van der Waals surface area contributed by atoms with Crippen LogP contribution < -0.4 is 10.6 Å². The van der Waals surface area contributed by atoms with Gasteiger partial charge < -0.3 is 20.5 Å². The number of hydrogen-bond acceptors (Lipinski definition) is 6. The molecule has 2 aromatic carbocycles. The van der Waals surface area contributed by atoms with Crippen molar-refractivity contribution < 1.29 is 9.59 Å². The first kappa shape index (κ1) is 23.4. The molecule has 0 saturated carbocycles. The van der Waals surface area contributed by atoms with E-state index in [2.05, 4.69) is 32.2 Å². The van der Waals surface area contributed by atoms with Crippen molar-refractivity contribution in [1.82, 2.24) is 29.6 Å². The lowest BCUT2D eigenvalue weighted by Gasteiger charge is -2.32. The summed E-state index contributed by atoms with van der Waals surface area (Å²) in [5, 5.41) is 13.0. The number of rotatable bonds is 6. The molecular weight excluding hydrogens is 480 g/mol. The Morgan fingerprint density at radius 2 is 1.76 bits per heavy atom. The second-order valence-corrected chi connectivity index (χ2v) is 9.20. The highest BCUT2D eigenvalue weighted by Crippen LogP contribution is 2.33. The van der Waals surface area contributed by atoms with E-state index in [0.29, 0.717) is 24.5 Å². The monoisotopic (exact) mass is 506 g/mol. The van der Waals surface area contributed by atoms with Crippen molar-refractivity contribution >= 4 is 51.1 Å². The van der Waals surface area contributed by atoms with Gasteiger partial charge in [-0.2, -0.15) is 5.10 Å². The summed E-state index contributed by atoms with van der Waals surface area (Å²) in [5.74, 6) is 0.418. The summed E-state index contributed by atoms with van der Waals surface area (Å²) in [6.07, 6.45) is 6.28. The third kappa shape index (κ3) is 4.36. The highest BCUT2D eigenvalue weighted by Gasteiger charge is 2.26. The van der Waals surface area contributed by atoms with Crippen LogP contribution in [0.4, 0.5) is 17.2 Å². The average molecular weight is 507 g/mol. The number of aromatic amines is 1. The highest BCUT2D eigenvalue weighted by molar-refractivity contribution is 6.09. The van der Waals surface area contributed by atoms with E-state index in [9.17, 15) is 9.59 Å². The average Bonchev–Trinajstić information content (AvgIpc) is 3.41. The minimum atomic E-state index is -0.178. The van der Waals surface area contributed by atoms with Crippen LogP contribution in [0.5, 0.6) is 0 Å². The fourth-order valence-corrected chi connectivity index (χ4v) is 4.88. The van der Waals surface area contributed by atoms with Crippen molar-refractivity contribution in [3.63, 3.8) is 0 Å². The number of aromatic nitrogens is 5. The molecule has 5 aromatic rings. The maximum Gasteiger partial charge on any atom is 0.255 e. The first-order valence-corrected chi connectivity index (χ1v) is 12.5. The van der Waals surface area contributed by atoms with Crippen molar-refractivity contribution in [3.05, 3.63) is 85.3 Å². The Balaban J connectivity index is 1.28. The van der Waals surface area contributed by atoms with E-state index in [-0.39, 0.29) is 17.9 Å². The van der Waals surface area contributed by atoms with E-state index in [1.54, 1.807) is 24.7 Å². The molecular formula is C28H26N8O2. The Morgan fingerprint density at radius 3 is 2.50 bits per heavy atom. The molecule has 6 rings (SSSR count). The zero-order chi connectivity index (χ0) is 26.1. The summed E-state index contributed by atoms with van der Waals surface area (Å²) in [7, 11) is 0. The van der Waals surface area contributed by atoms with Gasteiger partial charge in [0.1, 0.15) is 5.65 Å².